The van der Waals surface area contributed by atoms with E-state index in [0.717, 1.165) is 17.4 Å². The number of ether oxygens (including phenoxy) is 1. The Labute approximate surface area is 129 Å². The number of carbonyl (C=O) groups is 2. The van der Waals surface area contributed by atoms with Crippen molar-refractivity contribution in [2.75, 3.05) is 13.7 Å². The second kappa shape index (κ2) is 5.64. The van der Waals surface area contributed by atoms with Gasteiger partial charge in [-0.2, -0.15) is 0 Å². The number of nitrogens with one attached hydrogen (secondary N) is 1. The fourth-order valence-corrected chi connectivity index (χ4v) is 2.80. The number of carbonyl (C=O) groups excluding carboxylic acids is 2. The molecule has 112 valence electrons. The van der Waals surface area contributed by atoms with Crippen molar-refractivity contribution in [2.24, 2.45) is 0 Å². The lowest BCUT2D eigenvalue weighted by molar-refractivity contribution is 0.0960. The van der Waals surface area contributed by atoms with Crippen LogP contribution in [0.15, 0.2) is 36.4 Å². The molecule has 2 aromatic rings. The maximum Gasteiger partial charge on any atom is 0.254 e. The van der Waals surface area contributed by atoms with Gasteiger partial charge in [0.1, 0.15) is 12.0 Å². The first-order chi connectivity index (χ1) is 10.6. The van der Waals surface area contributed by atoms with Crippen LogP contribution in [0.3, 0.4) is 0 Å². The summed E-state index contributed by atoms with van der Waals surface area (Å²) in [5.74, 6) is 0.374. The smallest absolute Gasteiger partial charge is 0.254 e. The van der Waals surface area contributed by atoms with Gasteiger partial charge in [0.05, 0.1) is 12.2 Å². The van der Waals surface area contributed by atoms with Crippen LogP contribution < -0.4 is 10.1 Å². The van der Waals surface area contributed by atoms with E-state index in [2.05, 4.69) is 29.6 Å². The predicted octanol–water partition coefficient (Wildman–Crippen LogP) is 2.69. The summed E-state index contributed by atoms with van der Waals surface area (Å²) in [6.07, 6.45) is 0.761. The van der Waals surface area contributed by atoms with Crippen LogP contribution in [0.4, 0.5) is 0 Å². The molecule has 4 nitrogen and oxygen atoms in total. The minimum Gasteiger partial charge on any atom is -0.491 e. The Morgan fingerprint density at radius 1 is 1.27 bits per heavy atom. The molecule has 0 aromatic heterocycles. The molecule has 1 N–H and O–H groups in total. The van der Waals surface area contributed by atoms with Crippen molar-refractivity contribution in [3.63, 3.8) is 0 Å². The number of fused-ring (bicyclic) bond motifs is 1. The number of aryl methyl sites for hydroxylation is 1. The molecule has 0 saturated heterocycles. The fraction of sp³-hybridized carbons (Fsp3) is 0.222. The molecule has 1 atom stereocenters. The van der Waals surface area contributed by atoms with E-state index in [1.54, 1.807) is 13.1 Å². The summed E-state index contributed by atoms with van der Waals surface area (Å²) < 4.78 is 5.77. The summed E-state index contributed by atoms with van der Waals surface area (Å²) >= 11 is 0. The van der Waals surface area contributed by atoms with Crippen LogP contribution >= 0.6 is 0 Å². The van der Waals surface area contributed by atoms with Crippen LogP contribution in [0.2, 0.25) is 0 Å². The van der Waals surface area contributed by atoms with Crippen molar-refractivity contribution in [2.45, 2.75) is 12.8 Å². The normalized spacial score (nSPS) is 15.8. The highest BCUT2D eigenvalue weighted by molar-refractivity contribution is 5.99. The Balaban J connectivity index is 2.11. The zero-order valence-corrected chi connectivity index (χ0v) is 12.6. The highest BCUT2D eigenvalue weighted by Crippen LogP contribution is 2.41. The van der Waals surface area contributed by atoms with E-state index in [1.807, 2.05) is 13.0 Å². The van der Waals surface area contributed by atoms with Gasteiger partial charge in [-0.1, -0.05) is 29.8 Å². The van der Waals surface area contributed by atoms with Gasteiger partial charge >= 0.3 is 0 Å². The molecule has 0 spiro atoms. The molecular formula is C18H17NO3. The molecule has 0 fully saturated rings. The third-order valence-corrected chi connectivity index (χ3v) is 4.00. The van der Waals surface area contributed by atoms with E-state index in [1.165, 1.54) is 5.56 Å². The average molecular weight is 295 g/mol. The number of rotatable bonds is 3. The zero-order valence-electron chi connectivity index (χ0n) is 12.6. The standard InChI is InChI=1S/C18H17NO3/c1-11-3-5-13(6-4-11)16-10-22-17-14(16)7-12(9-20)8-15(17)18(21)19-2/h3-9,16H,10H2,1-2H3,(H,19,21). The van der Waals surface area contributed by atoms with Crippen LogP contribution in [0, 0.1) is 6.92 Å². The maximum atomic E-state index is 12.0. The first-order valence-corrected chi connectivity index (χ1v) is 7.18. The zero-order chi connectivity index (χ0) is 15.7. The highest BCUT2D eigenvalue weighted by atomic mass is 16.5. The van der Waals surface area contributed by atoms with Crippen molar-refractivity contribution in [1.29, 1.82) is 0 Å². The first kappa shape index (κ1) is 14.3. The van der Waals surface area contributed by atoms with E-state index in [4.69, 9.17) is 4.74 Å². The van der Waals surface area contributed by atoms with Crippen LogP contribution in [0.25, 0.3) is 0 Å². The Morgan fingerprint density at radius 3 is 2.64 bits per heavy atom. The lowest BCUT2D eigenvalue weighted by atomic mass is 9.90. The van der Waals surface area contributed by atoms with Crippen LogP contribution in [-0.2, 0) is 0 Å². The topological polar surface area (TPSA) is 55.4 Å². The monoisotopic (exact) mass is 295 g/mol. The second-order valence-corrected chi connectivity index (χ2v) is 5.46. The van der Waals surface area contributed by atoms with Gasteiger partial charge in [-0.3, -0.25) is 9.59 Å². The lowest BCUT2D eigenvalue weighted by Gasteiger charge is -2.11. The molecule has 1 unspecified atom stereocenters. The number of hydrogen-bond donors (Lipinski definition) is 1. The molecule has 22 heavy (non-hydrogen) atoms. The first-order valence-electron chi connectivity index (χ1n) is 7.18. The lowest BCUT2D eigenvalue weighted by Crippen LogP contribution is -2.18. The van der Waals surface area contributed by atoms with Crippen molar-refractivity contribution in [3.05, 3.63) is 64.2 Å². The van der Waals surface area contributed by atoms with Gasteiger partial charge < -0.3 is 10.1 Å². The quantitative estimate of drug-likeness (QED) is 0.886. The third-order valence-electron chi connectivity index (χ3n) is 4.00. The molecule has 2 aromatic carbocycles. The molecule has 1 amide bonds. The maximum absolute atomic E-state index is 12.0. The van der Waals surface area contributed by atoms with Crippen LogP contribution in [0.1, 0.15) is 43.3 Å². The molecule has 0 aliphatic carbocycles. The molecule has 0 radical (unpaired) electrons. The average Bonchev–Trinajstić information content (AvgIpc) is 2.97. The third kappa shape index (κ3) is 2.37. The van der Waals surface area contributed by atoms with Gasteiger partial charge in [-0.15, -0.1) is 0 Å². The fourth-order valence-electron chi connectivity index (χ4n) is 2.80. The summed E-state index contributed by atoms with van der Waals surface area (Å²) in [4.78, 5) is 23.2. The largest absolute Gasteiger partial charge is 0.491 e. The molecule has 0 bridgehead atoms. The van der Waals surface area contributed by atoms with E-state index < -0.39 is 0 Å². The van der Waals surface area contributed by atoms with Gasteiger partial charge in [-0.25, -0.2) is 0 Å². The van der Waals surface area contributed by atoms with Gasteiger partial charge in [-0.05, 0) is 24.6 Å². The number of amides is 1. The highest BCUT2D eigenvalue weighted by Gasteiger charge is 2.30. The molecule has 1 aliphatic heterocycles. The SMILES string of the molecule is CNC(=O)c1cc(C=O)cc2c1OCC2c1ccc(C)cc1. The van der Waals surface area contributed by atoms with Crippen LogP contribution in [-0.4, -0.2) is 25.8 Å². The summed E-state index contributed by atoms with van der Waals surface area (Å²) in [5.41, 5.74) is 4.11. The van der Waals surface area contributed by atoms with E-state index >= 15 is 0 Å². The number of benzene rings is 2. The molecule has 3 rings (SSSR count). The Kier molecular flexibility index (Phi) is 3.67. The van der Waals surface area contributed by atoms with E-state index in [9.17, 15) is 9.59 Å². The van der Waals surface area contributed by atoms with Crippen molar-refractivity contribution < 1.29 is 14.3 Å². The Bertz CT molecular complexity index is 735. The van der Waals surface area contributed by atoms with Gasteiger partial charge in [0.2, 0.25) is 0 Å². The molecule has 1 heterocycles. The van der Waals surface area contributed by atoms with Gasteiger partial charge in [0, 0.05) is 24.1 Å². The van der Waals surface area contributed by atoms with Crippen LogP contribution in [0.5, 0.6) is 5.75 Å². The Hall–Kier alpha value is -2.62. The van der Waals surface area contributed by atoms with Crippen molar-refractivity contribution >= 4 is 12.2 Å². The second-order valence-electron chi connectivity index (χ2n) is 5.46. The molecule has 4 heteroatoms. The number of hydrogen-bond acceptors (Lipinski definition) is 3. The van der Waals surface area contributed by atoms with Gasteiger partial charge in [0.15, 0.2) is 0 Å². The predicted molar refractivity (Wildman–Crippen MR) is 83.7 cm³/mol. The van der Waals surface area contributed by atoms with E-state index in [-0.39, 0.29) is 11.8 Å². The molecule has 0 saturated carbocycles. The summed E-state index contributed by atoms with van der Waals surface area (Å²) in [5, 5.41) is 2.59. The van der Waals surface area contributed by atoms with Gasteiger partial charge in [0.25, 0.3) is 5.91 Å². The van der Waals surface area contributed by atoms with Crippen molar-refractivity contribution in [3.8, 4) is 5.75 Å². The Morgan fingerprint density at radius 2 is 2.00 bits per heavy atom. The summed E-state index contributed by atoms with van der Waals surface area (Å²) in [6, 6.07) is 11.6. The number of aldehydes is 1. The summed E-state index contributed by atoms with van der Waals surface area (Å²) in [6.45, 7) is 2.52. The summed E-state index contributed by atoms with van der Waals surface area (Å²) in [7, 11) is 1.56. The molecular weight excluding hydrogens is 278 g/mol. The van der Waals surface area contributed by atoms with Crippen molar-refractivity contribution in [1.82, 2.24) is 5.32 Å². The minimum atomic E-state index is -0.246. The molecule has 1 aliphatic rings. The minimum absolute atomic E-state index is 0.0407. The van der Waals surface area contributed by atoms with E-state index in [0.29, 0.717) is 23.5 Å².